The van der Waals surface area contributed by atoms with Crippen LogP contribution in [-0.2, 0) is 0 Å². The number of hydrogen-bond donors (Lipinski definition) is 3. The Morgan fingerprint density at radius 3 is 2.69 bits per heavy atom. The van der Waals surface area contributed by atoms with E-state index < -0.39 is 0 Å². The van der Waals surface area contributed by atoms with Crippen LogP contribution in [0.15, 0.2) is 12.4 Å². The van der Waals surface area contributed by atoms with Gasteiger partial charge in [-0.1, -0.05) is 0 Å². The number of anilines is 1. The molecule has 6 heteroatoms. The maximum absolute atomic E-state index is 8.97. The number of nitrogens with one attached hydrogen (secondary N) is 1. The fourth-order valence-electron chi connectivity index (χ4n) is 1.59. The van der Waals surface area contributed by atoms with Gasteiger partial charge in [0.05, 0.1) is 19.0 Å². The van der Waals surface area contributed by atoms with E-state index in [1.807, 2.05) is 4.90 Å². The van der Waals surface area contributed by atoms with Crippen molar-refractivity contribution in [3.05, 3.63) is 18.1 Å². The molecule has 1 saturated carbocycles. The minimum atomic E-state index is -0.0841. The Balaban J connectivity index is 2.14. The molecule has 16 heavy (non-hydrogen) atoms. The molecule has 0 unspecified atom stereocenters. The molecule has 6 nitrogen and oxygen atoms in total. The topological polar surface area (TPSA) is 99.1 Å². The van der Waals surface area contributed by atoms with Gasteiger partial charge in [-0.2, -0.15) is 0 Å². The van der Waals surface area contributed by atoms with Gasteiger partial charge in [0.15, 0.2) is 0 Å². The van der Waals surface area contributed by atoms with Gasteiger partial charge in [0.2, 0.25) is 0 Å². The molecule has 0 saturated heterocycles. The van der Waals surface area contributed by atoms with Crippen LogP contribution in [0.2, 0.25) is 0 Å². The SMILES string of the molecule is N=C(N)c1cnc(N(CCO)C2CC2)cn1. The van der Waals surface area contributed by atoms with E-state index in [4.69, 9.17) is 16.2 Å². The third kappa shape index (κ3) is 2.27. The largest absolute Gasteiger partial charge is 0.395 e. The molecule has 4 N–H and O–H groups in total. The van der Waals surface area contributed by atoms with E-state index in [0.717, 1.165) is 18.7 Å². The highest BCUT2D eigenvalue weighted by Gasteiger charge is 2.29. The summed E-state index contributed by atoms with van der Waals surface area (Å²) in [7, 11) is 0. The first-order valence-electron chi connectivity index (χ1n) is 5.26. The molecule has 1 heterocycles. The van der Waals surface area contributed by atoms with Crippen molar-refractivity contribution in [3.63, 3.8) is 0 Å². The van der Waals surface area contributed by atoms with Crippen LogP contribution in [0.25, 0.3) is 0 Å². The molecule has 0 aromatic carbocycles. The van der Waals surface area contributed by atoms with Crippen molar-refractivity contribution in [3.8, 4) is 0 Å². The summed E-state index contributed by atoms with van der Waals surface area (Å²) >= 11 is 0. The quantitative estimate of drug-likeness (QED) is 0.469. The summed E-state index contributed by atoms with van der Waals surface area (Å²) < 4.78 is 0. The number of aromatic nitrogens is 2. The van der Waals surface area contributed by atoms with E-state index in [2.05, 4.69) is 9.97 Å². The fourth-order valence-corrected chi connectivity index (χ4v) is 1.59. The monoisotopic (exact) mass is 221 g/mol. The van der Waals surface area contributed by atoms with E-state index in [9.17, 15) is 0 Å². The molecule has 0 spiro atoms. The third-order valence-corrected chi connectivity index (χ3v) is 2.54. The van der Waals surface area contributed by atoms with Crippen LogP contribution >= 0.6 is 0 Å². The molecule has 0 radical (unpaired) electrons. The predicted molar refractivity (Wildman–Crippen MR) is 60.5 cm³/mol. The Hall–Kier alpha value is -1.69. The smallest absolute Gasteiger partial charge is 0.147 e. The van der Waals surface area contributed by atoms with Gasteiger partial charge in [-0.05, 0) is 12.8 Å². The van der Waals surface area contributed by atoms with Gasteiger partial charge in [-0.15, -0.1) is 0 Å². The van der Waals surface area contributed by atoms with E-state index in [1.165, 1.54) is 6.20 Å². The minimum Gasteiger partial charge on any atom is -0.395 e. The van der Waals surface area contributed by atoms with Crippen LogP contribution in [0.4, 0.5) is 5.82 Å². The van der Waals surface area contributed by atoms with Gasteiger partial charge in [0.1, 0.15) is 17.3 Å². The lowest BCUT2D eigenvalue weighted by molar-refractivity contribution is 0.301. The summed E-state index contributed by atoms with van der Waals surface area (Å²) in [5.74, 6) is 0.653. The van der Waals surface area contributed by atoms with Crippen molar-refractivity contribution in [2.75, 3.05) is 18.1 Å². The Labute approximate surface area is 93.6 Å². The summed E-state index contributed by atoms with van der Waals surface area (Å²) in [5.41, 5.74) is 5.68. The maximum Gasteiger partial charge on any atom is 0.147 e. The minimum absolute atomic E-state index is 0.0841. The van der Waals surface area contributed by atoms with Gasteiger partial charge >= 0.3 is 0 Å². The van der Waals surface area contributed by atoms with Gasteiger partial charge in [0.25, 0.3) is 0 Å². The van der Waals surface area contributed by atoms with Gasteiger partial charge in [-0.3, -0.25) is 5.41 Å². The molecule has 1 aliphatic carbocycles. The average molecular weight is 221 g/mol. The molecule has 1 fully saturated rings. The second kappa shape index (κ2) is 4.44. The number of aliphatic hydroxyl groups is 1. The van der Waals surface area contributed by atoms with E-state index >= 15 is 0 Å². The number of nitrogens with zero attached hydrogens (tertiary/aromatic N) is 3. The summed E-state index contributed by atoms with van der Waals surface area (Å²) in [5, 5.41) is 16.2. The van der Waals surface area contributed by atoms with Crippen molar-refractivity contribution in [1.29, 1.82) is 5.41 Å². The number of nitrogen functional groups attached to an aromatic ring is 1. The highest BCUT2D eigenvalue weighted by Crippen LogP contribution is 2.29. The maximum atomic E-state index is 8.97. The van der Waals surface area contributed by atoms with Crippen molar-refractivity contribution in [2.24, 2.45) is 5.73 Å². The van der Waals surface area contributed by atoms with Crippen LogP contribution in [0.5, 0.6) is 0 Å². The highest BCUT2D eigenvalue weighted by molar-refractivity contribution is 5.92. The van der Waals surface area contributed by atoms with Crippen LogP contribution < -0.4 is 10.6 Å². The van der Waals surface area contributed by atoms with Gasteiger partial charge in [-0.25, -0.2) is 9.97 Å². The first-order chi connectivity index (χ1) is 7.72. The Bertz CT molecular complexity index is 373. The lowest BCUT2D eigenvalue weighted by atomic mass is 10.4. The zero-order valence-electron chi connectivity index (χ0n) is 8.93. The molecule has 1 aromatic rings. The lowest BCUT2D eigenvalue weighted by Crippen LogP contribution is -2.30. The van der Waals surface area contributed by atoms with Crippen molar-refractivity contribution in [2.45, 2.75) is 18.9 Å². The summed E-state index contributed by atoms with van der Waals surface area (Å²) in [4.78, 5) is 10.3. The second-order valence-electron chi connectivity index (χ2n) is 3.82. The average Bonchev–Trinajstić information content (AvgIpc) is 3.10. The molecule has 0 bridgehead atoms. The third-order valence-electron chi connectivity index (χ3n) is 2.54. The number of nitrogens with two attached hydrogens (primary N) is 1. The second-order valence-corrected chi connectivity index (χ2v) is 3.82. The summed E-state index contributed by atoms with van der Waals surface area (Å²) in [6.07, 6.45) is 5.36. The van der Waals surface area contributed by atoms with Gasteiger partial charge in [0, 0.05) is 12.6 Å². The molecule has 0 amide bonds. The number of hydrogen-bond acceptors (Lipinski definition) is 5. The Kier molecular flexibility index (Phi) is 3.00. The van der Waals surface area contributed by atoms with E-state index in [1.54, 1.807) is 6.20 Å². The van der Waals surface area contributed by atoms with Crippen LogP contribution in [0.3, 0.4) is 0 Å². The number of aliphatic hydroxyl groups excluding tert-OH is 1. The van der Waals surface area contributed by atoms with Crippen LogP contribution in [-0.4, -0.2) is 40.1 Å². The van der Waals surface area contributed by atoms with Crippen molar-refractivity contribution < 1.29 is 5.11 Å². The van der Waals surface area contributed by atoms with E-state index in [0.29, 0.717) is 18.3 Å². The molecular weight excluding hydrogens is 206 g/mol. The van der Waals surface area contributed by atoms with Crippen molar-refractivity contribution in [1.82, 2.24) is 9.97 Å². The standard InChI is InChI=1S/C10H15N5O/c11-10(12)8-5-14-9(6-13-8)15(3-4-16)7-1-2-7/h5-7,16H,1-4H2,(H3,11,12). The summed E-state index contributed by atoms with van der Waals surface area (Å²) in [6.45, 7) is 0.672. The summed E-state index contributed by atoms with van der Waals surface area (Å²) in [6, 6.07) is 0.477. The molecule has 1 aliphatic rings. The molecule has 86 valence electrons. The normalized spacial score (nSPS) is 14.8. The molecule has 2 rings (SSSR count). The molecule has 0 atom stereocenters. The fraction of sp³-hybridized carbons (Fsp3) is 0.500. The number of amidine groups is 1. The lowest BCUT2D eigenvalue weighted by Gasteiger charge is -2.21. The first-order valence-corrected chi connectivity index (χ1v) is 5.26. The van der Waals surface area contributed by atoms with Crippen molar-refractivity contribution >= 4 is 11.7 Å². The first kappa shape index (κ1) is 10.8. The molecule has 0 aliphatic heterocycles. The zero-order valence-corrected chi connectivity index (χ0v) is 8.93. The zero-order chi connectivity index (χ0) is 11.5. The van der Waals surface area contributed by atoms with Crippen LogP contribution in [0.1, 0.15) is 18.5 Å². The Morgan fingerprint density at radius 2 is 2.25 bits per heavy atom. The van der Waals surface area contributed by atoms with Crippen LogP contribution in [0, 0.1) is 5.41 Å². The Morgan fingerprint density at radius 1 is 1.50 bits per heavy atom. The highest BCUT2D eigenvalue weighted by atomic mass is 16.3. The van der Waals surface area contributed by atoms with E-state index in [-0.39, 0.29) is 12.4 Å². The van der Waals surface area contributed by atoms with Gasteiger partial charge < -0.3 is 15.7 Å². The molecular formula is C10H15N5O. The molecule has 1 aromatic heterocycles. The predicted octanol–water partition coefficient (Wildman–Crippen LogP) is -0.278. The number of rotatable bonds is 5.